The van der Waals surface area contributed by atoms with E-state index in [1.54, 1.807) is 19.1 Å². The van der Waals surface area contributed by atoms with E-state index in [2.05, 4.69) is 4.99 Å². The highest BCUT2D eigenvalue weighted by Gasteiger charge is 2.26. The Morgan fingerprint density at radius 1 is 1.16 bits per heavy atom. The minimum Gasteiger partial charge on any atom is -0.493 e. The Bertz CT molecular complexity index is 1130. The highest BCUT2D eigenvalue weighted by atomic mass is 16.6. The molecule has 1 heterocycles. The maximum absolute atomic E-state index is 12.3. The summed E-state index contributed by atoms with van der Waals surface area (Å²) in [5.74, 6) is -0.791. The van der Waals surface area contributed by atoms with Crippen LogP contribution >= 0.6 is 0 Å². The lowest BCUT2D eigenvalue weighted by Gasteiger charge is -2.13. The van der Waals surface area contributed by atoms with E-state index in [9.17, 15) is 19.7 Å². The summed E-state index contributed by atoms with van der Waals surface area (Å²) in [6.07, 6.45) is 1.43. The number of aryl methyl sites for hydroxylation is 1. The van der Waals surface area contributed by atoms with Crippen LogP contribution in [0.5, 0.6) is 17.2 Å². The number of cyclic esters (lactones) is 1. The summed E-state index contributed by atoms with van der Waals surface area (Å²) in [6, 6.07) is 7.49. The molecule has 0 N–H and O–H groups in total. The van der Waals surface area contributed by atoms with E-state index in [0.717, 1.165) is 0 Å². The molecule has 0 amide bonds. The summed E-state index contributed by atoms with van der Waals surface area (Å²) in [5.41, 5.74) is 1.11. The highest BCUT2D eigenvalue weighted by molar-refractivity contribution is 6.13. The molecule has 1 aliphatic heterocycles. The van der Waals surface area contributed by atoms with Crippen LogP contribution in [0.15, 0.2) is 41.0 Å². The molecular formula is C21H18N2O8. The summed E-state index contributed by atoms with van der Waals surface area (Å²) >= 11 is 0. The van der Waals surface area contributed by atoms with Crippen molar-refractivity contribution in [2.24, 2.45) is 4.99 Å². The number of ether oxygens (including phenoxy) is 4. The van der Waals surface area contributed by atoms with E-state index in [-0.39, 0.29) is 34.5 Å². The molecule has 31 heavy (non-hydrogen) atoms. The molecule has 0 spiro atoms. The molecule has 0 atom stereocenters. The fourth-order valence-corrected chi connectivity index (χ4v) is 2.86. The lowest BCUT2D eigenvalue weighted by molar-refractivity contribution is -0.385. The highest BCUT2D eigenvalue weighted by Crippen LogP contribution is 2.39. The zero-order valence-electron chi connectivity index (χ0n) is 17.1. The van der Waals surface area contributed by atoms with Crippen molar-refractivity contribution < 1.29 is 33.5 Å². The Morgan fingerprint density at radius 3 is 2.35 bits per heavy atom. The number of aliphatic imine (C=N–C) groups is 1. The third kappa shape index (κ3) is 4.53. The molecule has 1 aliphatic rings. The van der Waals surface area contributed by atoms with Crippen molar-refractivity contribution in [3.05, 3.63) is 62.8 Å². The first-order valence-corrected chi connectivity index (χ1v) is 8.96. The van der Waals surface area contributed by atoms with Crippen molar-refractivity contribution >= 4 is 29.6 Å². The maximum atomic E-state index is 12.3. The van der Waals surface area contributed by atoms with Crippen LogP contribution in [-0.2, 0) is 14.3 Å². The van der Waals surface area contributed by atoms with Crippen LogP contribution in [0.3, 0.4) is 0 Å². The van der Waals surface area contributed by atoms with E-state index >= 15 is 0 Å². The van der Waals surface area contributed by atoms with Gasteiger partial charge in [0.05, 0.1) is 19.1 Å². The van der Waals surface area contributed by atoms with Crippen LogP contribution in [-0.4, -0.2) is 37.0 Å². The van der Waals surface area contributed by atoms with E-state index in [1.165, 1.54) is 45.4 Å². The van der Waals surface area contributed by atoms with Crippen molar-refractivity contribution in [2.45, 2.75) is 13.8 Å². The number of hydrogen-bond donors (Lipinski definition) is 0. The molecule has 0 fully saturated rings. The van der Waals surface area contributed by atoms with Gasteiger partial charge in [0.1, 0.15) is 0 Å². The molecule has 2 aromatic carbocycles. The van der Waals surface area contributed by atoms with Crippen molar-refractivity contribution in [3.63, 3.8) is 0 Å². The summed E-state index contributed by atoms with van der Waals surface area (Å²) in [4.78, 5) is 38.5. The lowest BCUT2D eigenvalue weighted by Crippen LogP contribution is -2.06. The van der Waals surface area contributed by atoms with Crippen molar-refractivity contribution in [2.75, 3.05) is 14.2 Å². The van der Waals surface area contributed by atoms with Crippen LogP contribution in [0.1, 0.15) is 23.6 Å². The van der Waals surface area contributed by atoms with E-state index in [0.29, 0.717) is 16.7 Å². The fourth-order valence-electron chi connectivity index (χ4n) is 2.86. The summed E-state index contributed by atoms with van der Waals surface area (Å²) < 4.78 is 20.8. The zero-order chi connectivity index (χ0) is 22.7. The van der Waals surface area contributed by atoms with Gasteiger partial charge in [0, 0.05) is 24.1 Å². The average Bonchev–Trinajstić information content (AvgIpc) is 3.08. The van der Waals surface area contributed by atoms with Crippen LogP contribution in [0.25, 0.3) is 6.08 Å². The third-order valence-electron chi connectivity index (χ3n) is 4.31. The average molecular weight is 426 g/mol. The topological polar surface area (TPSA) is 127 Å². The van der Waals surface area contributed by atoms with Crippen LogP contribution < -0.4 is 14.2 Å². The van der Waals surface area contributed by atoms with Gasteiger partial charge in [-0.3, -0.25) is 14.9 Å². The standard InChI is InChI=1S/C21H18N2O8/c1-11-5-6-14(10-16(11)23(26)27)20-22-15(21(25)31-20)7-13-8-17(28-3)19(30-12(2)24)18(9-13)29-4/h5-10H,1-4H3/b15-7+. The van der Waals surface area contributed by atoms with E-state index in [4.69, 9.17) is 18.9 Å². The molecule has 0 saturated heterocycles. The number of benzene rings is 2. The van der Waals surface area contributed by atoms with Gasteiger partial charge in [0.25, 0.3) is 5.69 Å². The smallest absolute Gasteiger partial charge is 0.363 e. The fraction of sp³-hybridized carbons (Fsp3) is 0.190. The van der Waals surface area contributed by atoms with Crippen molar-refractivity contribution in [1.29, 1.82) is 0 Å². The van der Waals surface area contributed by atoms with E-state index in [1.807, 2.05) is 0 Å². The maximum Gasteiger partial charge on any atom is 0.363 e. The molecule has 10 nitrogen and oxygen atoms in total. The number of hydrogen-bond acceptors (Lipinski definition) is 9. The molecule has 0 aliphatic carbocycles. The van der Waals surface area contributed by atoms with Gasteiger partial charge in [0.2, 0.25) is 11.6 Å². The number of nitrogens with zero attached hydrogens (tertiary/aromatic N) is 2. The molecule has 0 bridgehead atoms. The number of rotatable bonds is 6. The molecule has 0 radical (unpaired) electrons. The van der Waals surface area contributed by atoms with Crippen LogP contribution in [0.2, 0.25) is 0 Å². The molecule has 0 unspecified atom stereocenters. The van der Waals surface area contributed by atoms with Gasteiger partial charge in [-0.2, -0.15) is 0 Å². The minimum atomic E-state index is -0.722. The molecule has 0 aromatic heterocycles. The van der Waals surface area contributed by atoms with Gasteiger partial charge in [0.15, 0.2) is 17.2 Å². The van der Waals surface area contributed by atoms with E-state index < -0.39 is 16.9 Å². The first-order chi connectivity index (χ1) is 14.7. The Balaban J connectivity index is 2.01. The Kier molecular flexibility index (Phi) is 6.00. The number of methoxy groups -OCH3 is 2. The Hall–Kier alpha value is -4.21. The predicted octanol–water partition coefficient (Wildman–Crippen LogP) is 3.19. The van der Waals surface area contributed by atoms with Crippen LogP contribution in [0, 0.1) is 17.0 Å². The van der Waals surface area contributed by atoms with Crippen molar-refractivity contribution in [3.8, 4) is 17.2 Å². The number of nitro groups is 1. The number of carbonyl (C=O) groups is 2. The second kappa shape index (κ2) is 8.66. The van der Waals surface area contributed by atoms with Crippen LogP contribution in [0.4, 0.5) is 5.69 Å². The Morgan fingerprint density at radius 2 is 1.81 bits per heavy atom. The summed E-state index contributed by atoms with van der Waals surface area (Å²) in [6.45, 7) is 2.85. The lowest BCUT2D eigenvalue weighted by atomic mass is 10.1. The second-order valence-corrected chi connectivity index (χ2v) is 6.44. The normalized spacial score (nSPS) is 14.1. The molecule has 2 aromatic rings. The van der Waals surface area contributed by atoms with Gasteiger partial charge in [-0.05, 0) is 36.8 Å². The SMILES string of the molecule is COc1cc(/C=C2/N=C(c3ccc(C)c([N+](=O)[O-])c3)OC2=O)cc(OC)c1OC(C)=O. The molecular weight excluding hydrogens is 408 g/mol. The quantitative estimate of drug-likeness (QED) is 0.227. The number of nitro benzene ring substituents is 1. The van der Waals surface area contributed by atoms with Gasteiger partial charge in [-0.25, -0.2) is 9.79 Å². The largest absolute Gasteiger partial charge is 0.493 e. The van der Waals surface area contributed by atoms with Crippen molar-refractivity contribution in [1.82, 2.24) is 0 Å². The number of esters is 2. The predicted molar refractivity (Wildman–Crippen MR) is 109 cm³/mol. The Labute approximate surface area is 176 Å². The molecule has 0 saturated carbocycles. The third-order valence-corrected chi connectivity index (χ3v) is 4.31. The first kappa shape index (κ1) is 21.5. The minimum absolute atomic E-state index is 0.0254. The molecule has 160 valence electrons. The van der Waals surface area contributed by atoms with Gasteiger partial charge < -0.3 is 18.9 Å². The zero-order valence-corrected chi connectivity index (χ0v) is 17.1. The number of carbonyl (C=O) groups excluding carboxylic acids is 2. The summed E-state index contributed by atoms with van der Waals surface area (Å²) in [7, 11) is 2.78. The molecule has 10 heteroatoms. The second-order valence-electron chi connectivity index (χ2n) is 6.44. The van der Waals surface area contributed by atoms with Gasteiger partial charge >= 0.3 is 11.9 Å². The van der Waals surface area contributed by atoms with Gasteiger partial charge in [-0.1, -0.05) is 6.07 Å². The van der Waals surface area contributed by atoms with Gasteiger partial charge in [-0.15, -0.1) is 0 Å². The molecule has 3 rings (SSSR count). The summed E-state index contributed by atoms with van der Waals surface area (Å²) in [5, 5.41) is 11.2. The monoisotopic (exact) mass is 426 g/mol. The first-order valence-electron chi connectivity index (χ1n) is 8.96.